The number of hydrogen-bond acceptors (Lipinski definition) is 7. The van der Waals surface area contributed by atoms with Crippen molar-refractivity contribution in [3.05, 3.63) is 56.6 Å². The predicted octanol–water partition coefficient (Wildman–Crippen LogP) is 3.73. The smallest absolute Gasteiger partial charge is 0.418 e. The van der Waals surface area contributed by atoms with Crippen LogP contribution in [-0.2, 0) is 25.2 Å². The van der Waals surface area contributed by atoms with E-state index < -0.39 is 75.6 Å². The highest BCUT2D eigenvalue weighted by molar-refractivity contribution is 6.31. The molecule has 0 aliphatic carbocycles. The second kappa shape index (κ2) is 12.5. The number of allylic oxidation sites excluding steroid dienone is 1. The fourth-order valence-corrected chi connectivity index (χ4v) is 4.12. The van der Waals surface area contributed by atoms with Crippen LogP contribution in [0.2, 0.25) is 5.02 Å². The molecule has 2 rings (SSSR count). The van der Waals surface area contributed by atoms with Gasteiger partial charge in [-0.25, -0.2) is 18.4 Å². The Labute approximate surface area is 209 Å². The molecule has 1 aromatic rings. The van der Waals surface area contributed by atoms with Gasteiger partial charge in [0.1, 0.15) is 12.5 Å². The Bertz CT molecular complexity index is 1060. The van der Waals surface area contributed by atoms with Crippen LogP contribution in [-0.4, -0.2) is 51.5 Å². The lowest BCUT2D eigenvalue weighted by Crippen LogP contribution is -2.37. The monoisotopic (exact) mass is 539 g/mol. The number of alkyl halides is 4. The third kappa shape index (κ3) is 6.54. The average Bonchev–Trinajstić information content (AvgIpc) is 2.80. The van der Waals surface area contributed by atoms with E-state index in [1.807, 2.05) is 0 Å². The summed E-state index contributed by atoms with van der Waals surface area (Å²) in [7, 11) is 0.920. The van der Waals surface area contributed by atoms with Crippen molar-refractivity contribution >= 4 is 23.5 Å². The standard InChI is InChI=1S/C23H27ClF5N3O4/c1-11(2)36-22(34)17-14(6-8-31-9-7-30)32-15(10-25)18(21(33)35-3)19(17)16-13(26)5-4-12(24)20(16)23(27,28)29/h4-5,11,19,31-32H,6-10,30H2,1-3H3. The summed E-state index contributed by atoms with van der Waals surface area (Å²) in [5.74, 6) is -5.82. The summed E-state index contributed by atoms with van der Waals surface area (Å²) in [4.78, 5) is 26.0. The summed E-state index contributed by atoms with van der Waals surface area (Å²) < 4.78 is 81.7. The number of benzene rings is 1. The molecule has 0 radical (unpaired) electrons. The number of halogens is 6. The van der Waals surface area contributed by atoms with Crippen molar-refractivity contribution in [2.45, 2.75) is 38.5 Å². The first-order chi connectivity index (χ1) is 16.9. The lowest BCUT2D eigenvalue weighted by Gasteiger charge is -2.33. The van der Waals surface area contributed by atoms with E-state index in [1.165, 1.54) is 13.8 Å². The fourth-order valence-electron chi connectivity index (χ4n) is 3.85. The Kier molecular flexibility index (Phi) is 10.3. The fraction of sp³-hybridized carbons (Fsp3) is 0.478. The minimum atomic E-state index is -5.19. The molecule has 0 fully saturated rings. The summed E-state index contributed by atoms with van der Waals surface area (Å²) in [5.41, 5.74) is 0.981. The van der Waals surface area contributed by atoms with E-state index in [4.69, 9.17) is 22.1 Å². The molecule has 0 bridgehead atoms. The topological polar surface area (TPSA) is 103 Å². The predicted molar refractivity (Wildman–Crippen MR) is 122 cm³/mol. The molecule has 1 unspecified atom stereocenters. The van der Waals surface area contributed by atoms with Crippen LogP contribution < -0.4 is 16.4 Å². The maximum atomic E-state index is 15.2. The minimum Gasteiger partial charge on any atom is -0.466 e. The van der Waals surface area contributed by atoms with Gasteiger partial charge in [-0.1, -0.05) is 11.6 Å². The molecule has 0 spiro atoms. The Morgan fingerprint density at radius 2 is 1.81 bits per heavy atom. The second-order valence-electron chi connectivity index (χ2n) is 8.03. The number of carbonyl (C=O) groups is 2. The SMILES string of the molecule is COC(=O)C1=C(CF)NC(CCNCCN)=C(C(=O)OC(C)C)C1c1c(F)ccc(Cl)c1C(F)(F)F. The first-order valence-electron chi connectivity index (χ1n) is 10.9. The van der Waals surface area contributed by atoms with Gasteiger partial charge in [0.2, 0.25) is 0 Å². The highest BCUT2D eigenvalue weighted by atomic mass is 35.5. The van der Waals surface area contributed by atoms with E-state index in [9.17, 15) is 27.2 Å². The zero-order valence-electron chi connectivity index (χ0n) is 19.8. The number of nitrogens with one attached hydrogen (secondary N) is 2. The van der Waals surface area contributed by atoms with Crippen LogP contribution in [0.3, 0.4) is 0 Å². The van der Waals surface area contributed by atoms with Crippen molar-refractivity contribution in [3.8, 4) is 0 Å². The molecule has 1 aliphatic heterocycles. The van der Waals surface area contributed by atoms with E-state index >= 15 is 4.39 Å². The van der Waals surface area contributed by atoms with Crippen molar-refractivity contribution in [2.75, 3.05) is 33.4 Å². The molecule has 0 amide bonds. The van der Waals surface area contributed by atoms with Gasteiger partial charge in [-0.15, -0.1) is 0 Å². The van der Waals surface area contributed by atoms with E-state index in [0.29, 0.717) is 18.7 Å². The zero-order valence-corrected chi connectivity index (χ0v) is 20.6. The molecule has 0 saturated heterocycles. The van der Waals surface area contributed by atoms with Crippen LogP contribution in [0.5, 0.6) is 0 Å². The lowest BCUT2D eigenvalue weighted by atomic mass is 9.77. The molecule has 1 heterocycles. The Morgan fingerprint density at radius 3 is 2.33 bits per heavy atom. The molecule has 13 heteroatoms. The highest BCUT2D eigenvalue weighted by Crippen LogP contribution is 2.48. The van der Waals surface area contributed by atoms with Crippen molar-refractivity contribution < 1.29 is 41.0 Å². The Balaban J connectivity index is 2.96. The van der Waals surface area contributed by atoms with E-state index in [1.54, 1.807) is 0 Å². The molecule has 36 heavy (non-hydrogen) atoms. The number of nitrogens with two attached hydrogens (primary N) is 1. The van der Waals surface area contributed by atoms with Gasteiger partial charge in [0.05, 0.1) is 46.6 Å². The van der Waals surface area contributed by atoms with Gasteiger partial charge in [0.25, 0.3) is 0 Å². The van der Waals surface area contributed by atoms with Gasteiger partial charge in [-0.3, -0.25) is 0 Å². The van der Waals surface area contributed by atoms with Crippen LogP contribution in [0.15, 0.2) is 34.7 Å². The van der Waals surface area contributed by atoms with E-state index in [-0.39, 0.29) is 25.2 Å². The maximum Gasteiger partial charge on any atom is 0.418 e. The normalized spacial score (nSPS) is 16.4. The van der Waals surface area contributed by atoms with Crippen LogP contribution in [0.4, 0.5) is 22.0 Å². The number of hydrogen-bond donors (Lipinski definition) is 3. The molecule has 0 saturated carbocycles. The van der Waals surface area contributed by atoms with Gasteiger partial charge in [0.15, 0.2) is 0 Å². The molecular formula is C23H27ClF5N3O4. The van der Waals surface area contributed by atoms with Gasteiger partial charge in [-0.2, -0.15) is 13.2 Å². The Hall–Kier alpha value is -2.70. The third-order valence-corrected chi connectivity index (χ3v) is 5.53. The highest BCUT2D eigenvalue weighted by Gasteiger charge is 2.47. The maximum absolute atomic E-state index is 15.2. The van der Waals surface area contributed by atoms with Crippen molar-refractivity contribution in [3.63, 3.8) is 0 Å². The van der Waals surface area contributed by atoms with Gasteiger partial charge >= 0.3 is 18.1 Å². The third-order valence-electron chi connectivity index (χ3n) is 5.22. The molecule has 1 aromatic carbocycles. The van der Waals surface area contributed by atoms with Crippen molar-refractivity contribution in [2.24, 2.45) is 5.73 Å². The summed E-state index contributed by atoms with van der Waals surface area (Å²) in [6, 6.07) is 1.38. The number of methoxy groups -OCH3 is 1. The number of dihydropyridines is 1. The van der Waals surface area contributed by atoms with Crippen LogP contribution >= 0.6 is 11.6 Å². The van der Waals surface area contributed by atoms with Gasteiger partial charge in [-0.05, 0) is 26.0 Å². The van der Waals surface area contributed by atoms with Crippen LogP contribution in [0.25, 0.3) is 0 Å². The van der Waals surface area contributed by atoms with Gasteiger partial charge in [0, 0.05) is 37.3 Å². The minimum absolute atomic E-state index is 0.0412. The number of rotatable bonds is 10. The van der Waals surface area contributed by atoms with Crippen molar-refractivity contribution in [1.29, 1.82) is 0 Å². The second-order valence-corrected chi connectivity index (χ2v) is 8.43. The zero-order chi connectivity index (χ0) is 27.2. The first kappa shape index (κ1) is 29.5. The van der Waals surface area contributed by atoms with Crippen molar-refractivity contribution in [1.82, 2.24) is 10.6 Å². The molecule has 1 aliphatic rings. The Morgan fingerprint density at radius 1 is 1.17 bits per heavy atom. The van der Waals surface area contributed by atoms with E-state index in [0.717, 1.165) is 7.11 Å². The molecule has 0 aromatic heterocycles. The molecule has 7 nitrogen and oxygen atoms in total. The largest absolute Gasteiger partial charge is 0.466 e. The van der Waals surface area contributed by atoms with E-state index in [2.05, 4.69) is 15.4 Å². The first-order valence-corrected chi connectivity index (χ1v) is 11.3. The average molecular weight is 540 g/mol. The number of esters is 2. The quantitative estimate of drug-likeness (QED) is 0.236. The molecule has 1 atom stereocenters. The van der Waals surface area contributed by atoms with Crippen LogP contribution in [0, 0.1) is 5.82 Å². The molecule has 200 valence electrons. The molecular weight excluding hydrogens is 513 g/mol. The lowest BCUT2D eigenvalue weighted by molar-refractivity contribution is -0.144. The summed E-state index contributed by atoms with van der Waals surface area (Å²) in [5, 5.41) is 4.69. The molecule has 4 N–H and O–H groups in total. The van der Waals surface area contributed by atoms with Gasteiger partial charge < -0.3 is 25.8 Å². The summed E-state index contributed by atoms with van der Waals surface area (Å²) in [6.45, 7) is 2.47. The number of ether oxygens (including phenoxy) is 2. The number of carbonyl (C=O) groups excluding carboxylic acids is 2. The van der Waals surface area contributed by atoms with Crippen LogP contribution in [0.1, 0.15) is 37.3 Å². The summed E-state index contributed by atoms with van der Waals surface area (Å²) >= 11 is 5.84. The summed E-state index contributed by atoms with van der Waals surface area (Å²) in [6.07, 6.45) is -5.95.